The van der Waals surface area contributed by atoms with Crippen molar-refractivity contribution in [2.24, 2.45) is 0 Å². The minimum Gasteiger partial charge on any atom is -0.478 e. The van der Waals surface area contributed by atoms with Gasteiger partial charge in [-0.25, -0.2) is 4.79 Å². The van der Waals surface area contributed by atoms with Crippen molar-refractivity contribution in [2.45, 2.75) is 51.1 Å². The van der Waals surface area contributed by atoms with Crippen LogP contribution in [0.3, 0.4) is 0 Å². The summed E-state index contributed by atoms with van der Waals surface area (Å²) in [6.45, 7) is 3.07. The molecule has 0 radical (unpaired) electrons. The van der Waals surface area contributed by atoms with E-state index in [0.29, 0.717) is 11.1 Å². The highest BCUT2D eigenvalue weighted by Gasteiger charge is 2.30. The van der Waals surface area contributed by atoms with Crippen LogP contribution in [0.5, 0.6) is 0 Å². The third kappa shape index (κ3) is 2.91. The van der Waals surface area contributed by atoms with E-state index in [9.17, 15) is 4.79 Å². The number of carbonyl (C=O) groups is 1. The fourth-order valence-corrected chi connectivity index (χ4v) is 2.76. The van der Waals surface area contributed by atoms with Crippen LogP contribution in [0.4, 0.5) is 0 Å². The van der Waals surface area contributed by atoms with Gasteiger partial charge >= 0.3 is 5.97 Å². The second-order valence-electron chi connectivity index (χ2n) is 5.20. The Bertz CT molecular complexity index is 405. The normalized spacial score (nSPS) is 17.8. The molecule has 0 aromatic heterocycles. The molecule has 3 nitrogen and oxygen atoms in total. The zero-order valence-corrected chi connectivity index (χ0v) is 10.9. The molecule has 98 valence electrons. The molecule has 0 saturated heterocycles. The number of hydrogen-bond donors (Lipinski definition) is 2. The van der Waals surface area contributed by atoms with Gasteiger partial charge in [-0.15, -0.1) is 0 Å². The number of nitrogens with one attached hydrogen (secondary N) is 1. The Balaban J connectivity index is 1.95. The first kappa shape index (κ1) is 13.1. The molecule has 1 aromatic rings. The lowest BCUT2D eigenvalue weighted by atomic mass is 9.94. The summed E-state index contributed by atoms with van der Waals surface area (Å²) < 4.78 is 0. The molecule has 1 saturated carbocycles. The van der Waals surface area contributed by atoms with Crippen molar-refractivity contribution in [3.05, 3.63) is 35.4 Å². The lowest BCUT2D eigenvalue weighted by Crippen LogP contribution is -2.41. The maximum atomic E-state index is 10.8. The maximum absolute atomic E-state index is 10.8. The van der Waals surface area contributed by atoms with Crippen LogP contribution in [0.1, 0.15) is 54.9 Å². The summed E-state index contributed by atoms with van der Waals surface area (Å²) in [5.41, 5.74) is 1.82. The lowest BCUT2D eigenvalue weighted by molar-refractivity contribution is 0.0697. The fourth-order valence-electron chi connectivity index (χ4n) is 2.76. The molecule has 2 N–H and O–H groups in total. The van der Waals surface area contributed by atoms with E-state index in [2.05, 4.69) is 12.2 Å². The van der Waals surface area contributed by atoms with Crippen molar-refractivity contribution >= 4 is 5.97 Å². The molecule has 0 bridgehead atoms. The Morgan fingerprint density at radius 3 is 2.39 bits per heavy atom. The van der Waals surface area contributed by atoms with Crippen LogP contribution < -0.4 is 5.32 Å². The van der Waals surface area contributed by atoms with E-state index in [1.807, 2.05) is 12.1 Å². The first-order valence-electron chi connectivity index (χ1n) is 6.72. The number of aromatic carboxylic acids is 1. The molecule has 0 unspecified atom stereocenters. The molecule has 0 spiro atoms. The number of carboxylic acid groups (broad SMARTS) is 1. The summed E-state index contributed by atoms with van der Waals surface area (Å²) in [6.07, 6.45) is 6.32. The van der Waals surface area contributed by atoms with Gasteiger partial charge in [-0.2, -0.15) is 0 Å². The van der Waals surface area contributed by atoms with E-state index >= 15 is 0 Å². The highest BCUT2D eigenvalue weighted by molar-refractivity contribution is 5.87. The smallest absolute Gasteiger partial charge is 0.335 e. The van der Waals surface area contributed by atoms with Crippen LogP contribution >= 0.6 is 0 Å². The highest BCUT2D eigenvalue weighted by Crippen LogP contribution is 2.32. The SMILES string of the molecule is CCC1(NCc2ccc(C(=O)O)cc2)CCCC1. The van der Waals surface area contributed by atoms with Crippen molar-refractivity contribution in [3.63, 3.8) is 0 Å². The summed E-state index contributed by atoms with van der Waals surface area (Å²) in [6, 6.07) is 7.14. The van der Waals surface area contributed by atoms with Crippen molar-refractivity contribution < 1.29 is 9.90 Å². The number of rotatable bonds is 5. The molecule has 1 aliphatic rings. The fraction of sp³-hybridized carbons (Fsp3) is 0.533. The topological polar surface area (TPSA) is 49.3 Å². The molecule has 0 aliphatic heterocycles. The average molecular weight is 247 g/mol. The van der Waals surface area contributed by atoms with E-state index < -0.39 is 5.97 Å². The standard InChI is InChI=1S/C15H21NO2/c1-2-15(9-3-4-10-15)16-11-12-5-7-13(8-6-12)14(17)18/h5-8,16H,2-4,9-11H2,1H3,(H,17,18). The molecule has 3 heteroatoms. The van der Waals surface area contributed by atoms with Gasteiger partial charge in [-0.05, 0) is 37.0 Å². The lowest BCUT2D eigenvalue weighted by Gasteiger charge is -2.29. The predicted molar refractivity (Wildman–Crippen MR) is 71.7 cm³/mol. The Morgan fingerprint density at radius 1 is 1.28 bits per heavy atom. The third-order valence-electron chi connectivity index (χ3n) is 4.11. The van der Waals surface area contributed by atoms with E-state index in [0.717, 1.165) is 12.1 Å². The van der Waals surface area contributed by atoms with Gasteiger partial charge < -0.3 is 10.4 Å². The average Bonchev–Trinajstić information content (AvgIpc) is 2.86. The summed E-state index contributed by atoms with van der Waals surface area (Å²) in [4.78, 5) is 10.8. The van der Waals surface area contributed by atoms with E-state index in [1.165, 1.54) is 32.1 Å². The molecule has 1 aromatic carbocycles. The van der Waals surface area contributed by atoms with Gasteiger partial charge in [0.25, 0.3) is 0 Å². The Hall–Kier alpha value is -1.35. The minimum absolute atomic E-state index is 0.311. The Morgan fingerprint density at radius 2 is 1.89 bits per heavy atom. The number of hydrogen-bond acceptors (Lipinski definition) is 2. The van der Waals surface area contributed by atoms with E-state index in [-0.39, 0.29) is 0 Å². The van der Waals surface area contributed by atoms with Gasteiger partial charge in [0.05, 0.1) is 5.56 Å². The first-order valence-corrected chi connectivity index (χ1v) is 6.72. The number of carboxylic acids is 1. The molecule has 1 fully saturated rings. The summed E-state index contributed by atoms with van der Waals surface area (Å²) in [7, 11) is 0. The van der Waals surface area contributed by atoms with Gasteiger partial charge in [0.15, 0.2) is 0 Å². The molecule has 2 rings (SSSR count). The monoisotopic (exact) mass is 247 g/mol. The van der Waals surface area contributed by atoms with Crippen molar-refractivity contribution in [1.29, 1.82) is 0 Å². The minimum atomic E-state index is -0.865. The molecule has 0 atom stereocenters. The molecule has 0 heterocycles. The predicted octanol–water partition coefficient (Wildman–Crippen LogP) is 3.20. The van der Waals surface area contributed by atoms with Crippen LogP contribution in [0.2, 0.25) is 0 Å². The van der Waals surface area contributed by atoms with Crippen LogP contribution in [-0.2, 0) is 6.54 Å². The number of benzene rings is 1. The Kier molecular flexibility index (Phi) is 4.02. The van der Waals surface area contributed by atoms with Crippen LogP contribution in [0, 0.1) is 0 Å². The second-order valence-corrected chi connectivity index (χ2v) is 5.20. The van der Waals surface area contributed by atoms with Gasteiger partial charge in [0, 0.05) is 12.1 Å². The van der Waals surface area contributed by atoms with Gasteiger partial charge in [0.2, 0.25) is 0 Å². The van der Waals surface area contributed by atoms with E-state index in [4.69, 9.17) is 5.11 Å². The van der Waals surface area contributed by atoms with Crippen molar-refractivity contribution in [3.8, 4) is 0 Å². The molecular formula is C15H21NO2. The molecule has 18 heavy (non-hydrogen) atoms. The quantitative estimate of drug-likeness (QED) is 0.840. The van der Waals surface area contributed by atoms with E-state index in [1.54, 1.807) is 12.1 Å². The van der Waals surface area contributed by atoms with Crippen LogP contribution in [-0.4, -0.2) is 16.6 Å². The Labute approximate surface area is 108 Å². The summed E-state index contributed by atoms with van der Waals surface area (Å²) >= 11 is 0. The van der Waals surface area contributed by atoms with Gasteiger partial charge in [-0.3, -0.25) is 0 Å². The first-order chi connectivity index (χ1) is 8.65. The second kappa shape index (κ2) is 5.53. The maximum Gasteiger partial charge on any atom is 0.335 e. The zero-order valence-electron chi connectivity index (χ0n) is 10.9. The third-order valence-corrected chi connectivity index (χ3v) is 4.11. The van der Waals surface area contributed by atoms with Crippen LogP contribution in [0.15, 0.2) is 24.3 Å². The van der Waals surface area contributed by atoms with Gasteiger partial charge in [-0.1, -0.05) is 31.9 Å². The van der Waals surface area contributed by atoms with Crippen LogP contribution in [0.25, 0.3) is 0 Å². The molecule has 1 aliphatic carbocycles. The largest absolute Gasteiger partial charge is 0.478 e. The molecule has 0 amide bonds. The molecular weight excluding hydrogens is 226 g/mol. The van der Waals surface area contributed by atoms with Crippen molar-refractivity contribution in [1.82, 2.24) is 5.32 Å². The summed E-state index contributed by atoms with van der Waals surface area (Å²) in [5.74, 6) is -0.865. The highest BCUT2D eigenvalue weighted by atomic mass is 16.4. The zero-order chi connectivity index (χ0) is 13.0. The van der Waals surface area contributed by atoms with Crippen molar-refractivity contribution in [2.75, 3.05) is 0 Å². The van der Waals surface area contributed by atoms with Gasteiger partial charge in [0.1, 0.15) is 0 Å². The summed E-state index contributed by atoms with van der Waals surface area (Å²) in [5, 5.41) is 12.5.